The van der Waals surface area contributed by atoms with Crippen molar-refractivity contribution in [1.29, 1.82) is 0 Å². The number of nitrogen functional groups attached to an aromatic ring is 1. The van der Waals surface area contributed by atoms with Gasteiger partial charge in [-0.05, 0) is 32.8 Å². The molecule has 1 aromatic heterocycles. The molecule has 0 bridgehead atoms. The molecule has 0 aliphatic heterocycles. The molecule has 1 rings (SSSR count). The maximum absolute atomic E-state index is 11.3. The number of carbonyl (C=O) groups is 1. The molecule has 0 atom stereocenters. The minimum Gasteiger partial charge on any atom is -0.444 e. The molecule has 0 aliphatic carbocycles. The predicted octanol–water partition coefficient (Wildman–Crippen LogP) is 1.33. The summed E-state index contributed by atoms with van der Waals surface area (Å²) in [4.78, 5) is 19.0. The third kappa shape index (κ3) is 6.88. The third-order valence-electron chi connectivity index (χ3n) is 1.81. The van der Waals surface area contributed by atoms with E-state index in [1.54, 1.807) is 12.3 Å². The Kier molecular flexibility index (Phi) is 5.12. The van der Waals surface area contributed by atoms with Crippen molar-refractivity contribution in [1.82, 2.24) is 15.3 Å². The average Bonchev–Trinajstić information content (AvgIpc) is 2.26. The van der Waals surface area contributed by atoms with Crippen molar-refractivity contribution in [3.63, 3.8) is 0 Å². The second-order valence-electron chi connectivity index (χ2n) is 4.78. The smallest absolute Gasteiger partial charge is 0.407 e. The van der Waals surface area contributed by atoms with E-state index in [0.717, 1.165) is 0 Å². The Balaban J connectivity index is 2.30. The normalized spacial score (nSPS) is 10.3. The molecule has 0 spiro atoms. The highest BCUT2D eigenvalue weighted by molar-refractivity contribution is 5.67. The molecule has 3 N–H and O–H groups in total. The van der Waals surface area contributed by atoms with Crippen LogP contribution in [0.15, 0.2) is 12.3 Å². The lowest BCUT2D eigenvalue weighted by molar-refractivity contribution is 0.0529. The van der Waals surface area contributed by atoms with Gasteiger partial charge in [-0.3, -0.25) is 0 Å². The van der Waals surface area contributed by atoms with E-state index in [4.69, 9.17) is 10.5 Å². The lowest BCUT2D eigenvalue weighted by atomic mass is 10.2. The predicted molar refractivity (Wildman–Crippen MR) is 72.2 cm³/mol. The van der Waals surface area contributed by atoms with Gasteiger partial charge in [-0.2, -0.15) is 0 Å². The van der Waals surface area contributed by atoms with E-state index < -0.39 is 11.7 Å². The molecule has 1 amide bonds. The first-order chi connectivity index (χ1) is 8.87. The summed E-state index contributed by atoms with van der Waals surface area (Å²) in [5.41, 5.74) is 5.49. The highest BCUT2D eigenvalue weighted by Gasteiger charge is 2.15. The zero-order valence-electron chi connectivity index (χ0n) is 11.4. The lowest BCUT2D eigenvalue weighted by Crippen LogP contribution is -2.32. The molecule has 0 radical (unpaired) electrons. The van der Waals surface area contributed by atoms with Gasteiger partial charge in [0.2, 0.25) is 5.95 Å². The van der Waals surface area contributed by atoms with E-state index in [0.29, 0.717) is 18.7 Å². The molecule has 0 saturated carbocycles. The molecule has 19 heavy (non-hydrogen) atoms. The summed E-state index contributed by atoms with van der Waals surface area (Å²) in [6.07, 6.45) is 1.61. The Morgan fingerprint density at radius 1 is 1.53 bits per heavy atom. The second kappa shape index (κ2) is 6.59. The van der Waals surface area contributed by atoms with Gasteiger partial charge in [0.1, 0.15) is 11.3 Å². The molecule has 6 nitrogen and oxygen atoms in total. The minimum absolute atomic E-state index is 0.193. The molecule has 0 aromatic carbocycles. The van der Waals surface area contributed by atoms with E-state index in [1.165, 1.54) is 0 Å². The van der Waals surface area contributed by atoms with Crippen LogP contribution >= 0.6 is 0 Å². The number of alkyl carbamates (subject to hydrolysis) is 1. The number of anilines is 1. The molecular weight excluding hydrogens is 244 g/mol. The van der Waals surface area contributed by atoms with Gasteiger partial charge in [0.25, 0.3) is 0 Å². The van der Waals surface area contributed by atoms with Crippen LogP contribution in [0.1, 0.15) is 32.9 Å². The summed E-state index contributed by atoms with van der Waals surface area (Å²) in [6, 6.07) is 1.67. The van der Waals surface area contributed by atoms with Gasteiger partial charge in [-0.1, -0.05) is 5.92 Å². The number of hydrogen-bond donors (Lipinski definition) is 2. The second-order valence-corrected chi connectivity index (χ2v) is 4.78. The first-order valence-electron chi connectivity index (χ1n) is 5.91. The molecule has 102 valence electrons. The number of amides is 1. The van der Waals surface area contributed by atoms with Crippen LogP contribution in [0.3, 0.4) is 0 Å². The zero-order chi connectivity index (χ0) is 14.3. The Hall–Kier alpha value is -2.29. The summed E-state index contributed by atoms with van der Waals surface area (Å²) in [5.74, 6) is 5.91. The molecular formula is C13H18N4O2. The van der Waals surface area contributed by atoms with Gasteiger partial charge < -0.3 is 15.8 Å². The SMILES string of the molecule is CC(C)(C)OC(=O)NCCC#Cc1ccnc(N)n1. The minimum atomic E-state index is -0.492. The van der Waals surface area contributed by atoms with E-state index in [2.05, 4.69) is 27.1 Å². The molecule has 0 fully saturated rings. The van der Waals surface area contributed by atoms with E-state index in [9.17, 15) is 4.79 Å². The molecule has 1 heterocycles. The number of ether oxygens (including phenoxy) is 1. The Bertz CT molecular complexity index is 497. The summed E-state index contributed by atoms with van der Waals surface area (Å²) < 4.78 is 5.08. The monoisotopic (exact) mass is 262 g/mol. The number of hydrogen-bond acceptors (Lipinski definition) is 5. The average molecular weight is 262 g/mol. The quantitative estimate of drug-likeness (QED) is 0.619. The van der Waals surface area contributed by atoms with Gasteiger partial charge in [0, 0.05) is 19.2 Å². The van der Waals surface area contributed by atoms with E-state index >= 15 is 0 Å². The van der Waals surface area contributed by atoms with Crippen molar-refractivity contribution >= 4 is 12.0 Å². The van der Waals surface area contributed by atoms with Gasteiger partial charge in [0.15, 0.2) is 0 Å². The van der Waals surface area contributed by atoms with Crippen molar-refractivity contribution in [2.75, 3.05) is 12.3 Å². The van der Waals surface area contributed by atoms with Crippen LogP contribution in [0.2, 0.25) is 0 Å². The fourth-order valence-corrected chi connectivity index (χ4v) is 1.14. The highest BCUT2D eigenvalue weighted by atomic mass is 16.6. The van der Waals surface area contributed by atoms with E-state index in [1.807, 2.05) is 20.8 Å². The van der Waals surface area contributed by atoms with Crippen molar-refractivity contribution in [2.24, 2.45) is 0 Å². The lowest BCUT2D eigenvalue weighted by Gasteiger charge is -2.19. The fraction of sp³-hybridized carbons (Fsp3) is 0.462. The number of rotatable bonds is 2. The van der Waals surface area contributed by atoms with Gasteiger partial charge in [0.05, 0.1) is 0 Å². The van der Waals surface area contributed by atoms with Crippen LogP contribution in [0, 0.1) is 11.8 Å². The van der Waals surface area contributed by atoms with Crippen LogP contribution in [0.4, 0.5) is 10.7 Å². The zero-order valence-corrected chi connectivity index (χ0v) is 11.4. The molecule has 0 aliphatic rings. The fourth-order valence-electron chi connectivity index (χ4n) is 1.14. The maximum Gasteiger partial charge on any atom is 0.407 e. The largest absolute Gasteiger partial charge is 0.444 e. The maximum atomic E-state index is 11.3. The Morgan fingerprint density at radius 2 is 2.26 bits per heavy atom. The summed E-state index contributed by atoms with van der Waals surface area (Å²) in [5, 5.41) is 2.62. The topological polar surface area (TPSA) is 90.1 Å². The standard InChI is InChI=1S/C13H18N4O2/c1-13(2,3)19-12(18)16-8-5-4-6-10-7-9-15-11(14)17-10/h7,9H,5,8H2,1-3H3,(H,16,18)(H2,14,15,17). The molecule has 6 heteroatoms. The molecule has 0 saturated heterocycles. The first kappa shape index (κ1) is 14.8. The van der Waals surface area contributed by atoms with Gasteiger partial charge in [-0.25, -0.2) is 14.8 Å². The van der Waals surface area contributed by atoms with Gasteiger partial charge in [-0.15, -0.1) is 0 Å². The first-order valence-corrected chi connectivity index (χ1v) is 5.91. The van der Waals surface area contributed by atoms with Crippen molar-refractivity contribution < 1.29 is 9.53 Å². The van der Waals surface area contributed by atoms with Crippen molar-refractivity contribution in [2.45, 2.75) is 32.8 Å². The van der Waals surface area contributed by atoms with Crippen molar-refractivity contribution in [3.05, 3.63) is 18.0 Å². The summed E-state index contributed by atoms with van der Waals surface area (Å²) in [7, 11) is 0. The number of nitrogens with two attached hydrogens (primary N) is 1. The van der Waals surface area contributed by atoms with Gasteiger partial charge >= 0.3 is 6.09 Å². The van der Waals surface area contributed by atoms with Crippen molar-refractivity contribution in [3.8, 4) is 11.8 Å². The Labute approximate surface area is 112 Å². The number of nitrogens with one attached hydrogen (secondary N) is 1. The summed E-state index contributed by atoms with van der Waals surface area (Å²) in [6.45, 7) is 5.85. The van der Waals surface area contributed by atoms with Crippen LogP contribution < -0.4 is 11.1 Å². The van der Waals surface area contributed by atoms with Crippen LogP contribution in [0.25, 0.3) is 0 Å². The number of aromatic nitrogens is 2. The highest BCUT2D eigenvalue weighted by Crippen LogP contribution is 2.06. The summed E-state index contributed by atoms with van der Waals surface area (Å²) >= 11 is 0. The van der Waals surface area contributed by atoms with E-state index in [-0.39, 0.29) is 5.95 Å². The van der Waals surface area contributed by atoms with Crippen LogP contribution in [-0.4, -0.2) is 28.2 Å². The molecule has 1 aromatic rings. The van der Waals surface area contributed by atoms with Crippen LogP contribution in [0.5, 0.6) is 0 Å². The molecule has 0 unspecified atom stereocenters. The Morgan fingerprint density at radius 3 is 2.89 bits per heavy atom. The number of carbonyl (C=O) groups excluding carboxylic acids is 1. The van der Waals surface area contributed by atoms with Crippen LogP contribution in [-0.2, 0) is 4.74 Å². The number of nitrogens with zero attached hydrogens (tertiary/aromatic N) is 2. The third-order valence-corrected chi connectivity index (χ3v) is 1.81.